The van der Waals surface area contributed by atoms with E-state index in [9.17, 15) is 0 Å². The first kappa shape index (κ1) is 11.1. The van der Waals surface area contributed by atoms with Gasteiger partial charge in [0.2, 0.25) is 0 Å². The highest BCUT2D eigenvalue weighted by molar-refractivity contribution is 5.83. The Labute approximate surface area is 96.5 Å². The summed E-state index contributed by atoms with van der Waals surface area (Å²) in [4.78, 5) is 4.37. The van der Waals surface area contributed by atoms with Crippen LogP contribution in [0, 0.1) is 0 Å². The maximum absolute atomic E-state index is 6.46. The fourth-order valence-electron chi connectivity index (χ4n) is 2.17. The molecule has 0 saturated heterocycles. The van der Waals surface area contributed by atoms with Gasteiger partial charge in [0.1, 0.15) is 0 Å². The first-order chi connectivity index (χ1) is 7.71. The Morgan fingerprint density at radius 1 is 1.12 bits per heavy atom. The second-order valence-corrected chi connectivity index (χ2v) is 4.24. The Morgan fingerprint density at radius 3 is 2.56 bits per heavy atom. The van der Waals surface area contributed by atoms with Crippen molar-refractivity contribution in [3.63, 3.8) is 0 Å². The van der Waals surface area contributed by atoms with Gasteiger partial charge in [0.25, 0.3) is 0 Å². The second kappa shape index (κ2) is 4.22. The molecule has 2 rings (SSSR count). The maximum Gasteiger partial charge on any atom is 0.0705 e. The predicted octanol–water partition coefficient (Wildman–Crippen LogP) is 3.21. The summed E-state index contributed by atoms with van der Waals surface area (Å²) in [6.45, 7) is 4.28. The largest absolute Gasteiger partial charge is 0.321 e. The van der Waals surface area contributed by atoms with Crippen LogP contribution in [0.4, 0.5) is 0 Å². The molecule has 0 amide bonds. The fraction of sp³-hybridized carbons (Fsp3) is 0.357. The zero-order chi connectivity index (χ0) is 11.6. The average molecular weight is 214 g/mol. The van der Waals surface area contributed by atoms with E-state index in [1.165, 1.54) is 10.9 Å². The number of pyridine rings is 1. The summed E-state index contributed by atoms with van der Waals surface area (Å²) in [5.74, 6) is 0. The molecular formula is C14H18N2. The smallest absolute Gasteiger partial charge is 0.0705 e. The summed E-state index contributed by atoms with van der Waals surface area (Å²) in [7, 11) is 0. The molecule has 2 N–H and O–H groups in total. The van der Waals surface area contributed by atoms with Crippen LogP contribution < -0.4 is 5.73 Å². The van der Waals surface area contributed by atoms with E-state index in [0.717, 1.165) is 18.4 Å². The lowest BCUT2D eigenvalue weighted by atomic mass is 9.84. The molecule has 2 heteroatoms. The molecule has 84 valence electrons. The van der Waals surface area contributed by atoms with Crippen molar-refractivity contribution in [1.82, 2.24) is 4.98 Å². The van der Waals surface area contributed by atoms with Crippen LogP contribution in [0.2, 0.25) is 0 Å². The first-order valence-corrected chi connectivity index (χ1v) is 5.84. The lowest BCUT2D eigenvalue weighted by Crippen LogP contribution is -2.35. The van der Waals surface area contributed by atoms with Gasteiger partial charge in [-0.1, -0.05) is 32.0 Å². The van der Waals surface area contributed by atoms with Crippen LogP contribution in [0.5, 0.6) is 0 Å². The Kier molecular flexibility index (Phi) is 2.92. The highest BCUT2D eigenvalue weighted by atomic mass is 14.7. The number of rotatable bonds is 3. The lowest BCUT2D eigenvalue weighted by Gasteiger charge is -2.28. The van der Waals surface area contributed by atoms with Gasteiger partial charge in [0.05, 0.1) is 5.52 Å². The number of aromatic nitrogens is 1. The summed E-state index contributed by atoms with van der Waals surface area (Å²) in [5.41, 5.74) is 8.46. The molecule has 0 aliphatic rings. The molecule has 1 aromatic heterocycles. The Bertz CT molecular complexity index is 482. The van der Waals surface area contributed by atoms with E-state index in [1.807, 2.05) is 24.4 Å². The molecule has 0 aliphatic carbocycles. The van der Waals surface area contributed by atoms with E-state index < -0.39 is 0 Å². The molecule has 0 saturated carbocycles. The van der Waals surface area contributed by atoms with Gasteiger partial charge < -0.3 is 5.73 Å². The molecule has 0 radical (unpaired) electrons. The van der Waals surface area contributed by atoms with Crippen LogP contribution in [0.15, 0.2) is 36.5 Å². The molecule has 0 spiro atoms. The van der Waals surface area contributed by atoms with Crippen molar-refractivity contribution in [3.05, 3.63) is 42.1 Å². The highest BCUT2D eigenvalue weighted by Crippen LogP contribution is 2.30. The summed E-state index contributed by atoms with van der Waals surface area (Å²) in [6.07, 6.45) is 3.71. The number of fused-ring (bicyclic) bond motifs is 1. The second-order valence-electron chi connectivity index (χ2n) is 4.24. The molecule has 0 aliphatic heterocycles. The zero-order valence-corrected chi connectivity index (χ0v) is 9.90. The van der Waals surface area contributed by atoms with Crippen molar-refractivity contribution < 1.29 is 0 Å². The number of nitrogens with two attached hydrogens (primary N) is 1. The van der Waals surface area contributed by atoms with Crippen LogP contribution in [0.1, 0.15) is 32.3 Å². The van der Waals surface area contributed by atoms with Crippen molar-refractivity contribution in [3.8, 4) is 0 Å². The minimum atomic E-state index is -0.234. The minimum absolute atomic E-state index is 0.234. The third-order valence-electron chi connectivity index (χ3n) is 3.44. The SMILES string of the molecule is CCC(N)(CC)c1cccc2ncccc12. The molecule has 0 bridgehead atoms. The topological polar surface area (TPSA) is 38.9 Å². The number of benzene rings is 1. The van der Waals surface area contributed by atoms with Crippen LogP contribution >= 0.6 is 0 Å². The monoisotopic (exact) mass is 214 g/mol. The molecule has 2 nitrogen and oxygen atoms in total. The van der Waals surface area contributed by atoms with Crippen LogP contribution in [-0.4, -0.2) is 4.98 Å². The number of nitrogens with zero attached hydrogens (tertiary/aromatic N) is 1. The van der Waals surface area contributed by atoms with Crippen LogP contribution in [-0.2, 0) is 5.54 Å². The van der Waals surface area contributed by atoms with Gasteiger partial charge in [-0.15, -0.1) is 0 Å². The van der Waals surface area contributed by atoms with Gasteiger partial charge >= 0.3 is 0 Å². The van der Waals surface area contributed by atoms with E-state index in [1.54, 1.807) is 0 Å². The van der Waals surface area contributed by atoms with E-state index in [-0.39, 0.29) is 5.54 Å². The molecule has 2 aromatic rings. The standard InChI is InChI=1S/C14H18N2/c1-3-14(15,4-2)12-8-5-9-13-11(12)7-6-10-16-13/h5-10H,3-4,15H2,1-2H3. The fourth-order valence-corrected chi connectivity index (χ4v) is 2.17. The van der Waals surface area contributed by atoms with Gasteiger partial charge in [-0.2, -0.15) is 0 Å². The van der Waals surface area contributed by atoms with Gasteiger partial charge in [0, 0.05) is 17.1 Å². The normalized spacial score (nSPS) is 11.9. The van der Waals surface area contributed by atoms with Crippen LogP contribution in [0.25, 0.3) is 10.9 Å². The van der Waals surface area contributed by atoms with Gasteiger partial charge in [-0.25, -0.2) is 0 Å². The highest BCUT2D eigenvalue weighted by Gasteiger charge is 2.24. The number of hydrogen-bond acceptors (Lipinski definition) is 2. The van der Waals surface area contributed by atoms with Crippen molar-refractivity contribution >= 4 is 10.9 Å². The summed E-state index contributed by atoms with van der Waals surface area (Å²) >= 11 is 0. The first-order valence-electron chi connectivity index (χ1n) is 5.84. The van der Waals surface area contributed by atoms with Gasteiger partial charge in [-0.3, -0.25) is 4.98 Å². The van der Waals surface area contributed by atoms with Crippen molar-refractivity contribution in [2.75, 3.05) is 0 Å². The Balaban J connectivity index is 2.69. The van der Waals surface area contributed by atoms with E-state index >= 15 is 0 Å². The van der Waals surface area contributed by atoms with E-state index in [0.29, 0.717) is 0 Å². The lowest BCUT2D eigenvalue weighted by molar-refractivity contribution is 0.416. The minimum Gasteiger partial charge on any atom is -0.321 e. The molecule has 0 unspecified atom stereocenters. The van der Waals surface area contributed by atoms with Crippen LogP contribution in [0.3, 0.4) is 0 Å². The Morgan fingerprint density at radius 2 is 1.88 bits per heavy atom. The van der Waals surface area contributed by atoms with Crippen molar-refractivity contribution in [2.45, 2.75) is 32.2 Å². The number of hydrogen-bond donors (Lipinski definition) is 1. The third-order valence-corrected chi connectivity index (χ3v) is 3.44. The molecular weight excluding hydrogens is 196 g/mol. The van der Waals surface area contributed by atoms with Crippen molar-refractivity contribution in [2.24, 2.45) is 5.73 Å². The molecule has 0 atom stereocenters. The summed E-state index contributed by atoms with van der Waals surface area (Å²) < 4.78 is 0. The van der Waals surface area contributed by atoms with Crippen molar-refractivity contribution in [1.29, 1.82) is 0 Å². The predicted molar refractivity (Wildman–Crippen MR) is 68.2 cm³/mol. The summed E-state index contributed by atoms with van der Waals surface area (Å²) in [6, 6.07) is 10.3. The Hall–Kier alpha value is -1.41. The van der Waals surface area contributed by atoms with E-state index in [4.69, 9.17) is 5.73 Å². The molecule has 0 fully saturated rings. The average Bonchev–Trinajstić information content (AvgIpc) is 2.37. The zero-order valence-electron chi connectivity index (χ0n) is 9.90. The van der Waals surface area contributed by atoms with Gasteiger partial charge in [-0.05, 0) is 30.5 Å². The third kappa shape index (κ3) is 1.69. The molecule has 16 heavy (non-hydrogen) atoms. The molecule has 1 aromatic carbocycles. The summed E-state index contributed by atoms with van der Waals surface area (Å²) in [5, 5.41) is 1.18. The van der Waals surface area contributed by atoms with E-state index in [2.05, 4.69) is 31.0 Å². The quantitative estimate of drug-likeness (QED) is 0.852. The molecule has 1 heterocycles. The maximum atomic E-state index is 6.46. The van der Waals surface area contributed by atoms with Gasteiger partial charge in [0.15, 0.2) is 0 Å².